The van der Waals surface area contributed by atoms with Crippen LogP contribution in [0.5, 0.6) is 5.75 Å². The molecule has 162 valence electrons. The molecule has 8 heteroatoms. The molecule has 1 aromatic carbocycles. The summed E-state index contributed by atoms with van der Waals surface area (Å²) in [4.78, 5) is 19.3. The predicted octanol–water partition coefficient (Wildman–Crippen LogP) is 2.60. The lowest BCUT2D eigenvalue weighted by Gasteiger charge is -2.32. The van der Waals surface area contributed by atoms with E-state index in [1.807, 2.05) is 29.2 Å². The summed E-state index contributed by atoms with van der Waals surface area (Å²) in [6, 6.07) is 12.2. The Morgan fingerprint density at radius 3 is 2.65 bits per heavy atom. The molecule has 1 saturated heterocycles. The smallest absolute Gasteiger partial charge is 0.247 e. The highest BCUT2D eigenvalue weighted by molar-refractivity contribution is 7.89. The van der Waals surface area contributed by atoms with Gasteiger partial charge in [-0.25, -0.2) is 8.42 Å². The van der Waals surface area contributed by atoms with Gasteiger partial charge >= 0.3 is 0 Å². The number of rotatable bonds is 3. The van der Waals surface area contributed by atoms with Gasteiger partial charge in [-0.1, -0.05) is 30.4 Å². The van der Waals surface area contributed by atoms with Gasteiger partial charge in [0.15, 0.2) is 0 Å². The Kier molecular flexibility index (Phi) is 5.06. The maximum absolute atomic E-state index is 13.5. The average Bonchev–Trinajstić information content (AvgIpc) is 3.43. The summed E-state index contributed by atoms with van der Waals surface area (Å²) in [6.07, 6.45) is 7.88. The van der Waals surface area contributed by atoms with Crippen molar-refractivity contribution in [1.82, 2.24) is 14.2 Å². The average molecular weight is 440 g/mol. The molecular weight excluding hydrogens is 414 g/mol. The van der Waals surface area contributed by atoms with Crippen molar-refractivity contribution < 1.29 is 17.9 Å². The monoisotopic (exact) mass is 439 g/mol. The molecule has 0 bridgehead atoms. The first-order valence-electron chi connectivity index (χ1n) is 10.6. The molecule has 1 spiro atoms. The van der Waals surface area contributed by atoms with Gasteiger partial charge in [0.25, 0.3) is 0 Å². The van der Waals surface area contributed by atoms with Gasteiger partial charge in [0.1, 0.15) is 16.2 Å². The predicted molar refractivity (Wildman–Crippen MR) is 115 cm³/mol. The Morgan fingerprint density at radius 2 is 1.87 bits per heavy atom. The van der Waals surface area contributed by atoms with Crippen molar-refractivity contribution in [2.75, 3.05) is 19.6 Å². The quantitative estimate of drug-likeness (QED) is 0.687. The number of fused-ring (bicyclic) bond motifs is 1. The lowest BCUT2D eigenvalue weighted by molar-refractivity contribution is -0.134. The highest BCUT2D eigenvalue weighted by atomic mass is 32.2. The van der Waals surface area contributed by atoms with E-state index in [-0.39, 0.29) is 29.8 Å². The minimum Gasteiger partial charge on any atom is -0.483 e. The number of benzene rings is 1. The van der Waals surface area contributed by atoms with Crippen LogP contribution in [-0.2, 0) is 21.4 Å². The molecule has 1 aliphatic carbocycles. The topological polar surface area (TPSA) is 79.8 Å². The molecule has 31 heavy (non-hydrogen) atoms. The van der Waals surface area contributed by atoms with E-state index in [2.05, 4.69) is 4.98 Å². The van der Waals surface area contributed by atoms with Crippen LogP contribution in [-0.4, -0.2) is 53.7 Å². The number of sulfonamides is 1. The maximum atomic E-state index is 13.5. The molecule has 1 atom stereocenters. The Morgan fingerprint density at radius 1 is 1.10 bits per heavy atom. The summed E-state index contributed by atoms with van der Waals surface area (Å²) >= 11 is 0. The zero-order chi connectivity index (χ0) is 21.5. The fourth-order valence-electron chi connectivity index (χ4n) is 4.69. The van der Waals surface area contributed by atoms with Crippen LogP contribution in [0.25, 0.3) is 0 Å². The van der Waals surface area contributed by atoms with E-state index in [1.54, 1.807) is 36.5 Å². The number of allylic oxidation sites excluding steroid dienone is 2. The largest absolute Gasteiger partial charge is 0.483 e. The first-order chi connectivity index (χ1) is 15.0. The number of hydrogen-bond donors (Lipinski definition) is 0. The van der Waals surface area contributed by atoms with Crippen LogP contribution < -0.4 is 4.74 Å². The van der Waals surface area contributed by atoms with Crippen molar-refractivity contribution in [2.24, 2.45) is 5.92 Å². The van der Waals surface area contributed by atoms with Crippen LogP contribution in [0.2, 0.25) is 0 Å². The lowest BCUT2D eigenvalue weighted by Crippen LogP contribution is -2.50. The zero-order valence-corrected chi connectivity index (χ0v) is 18.0. The summed E-state index contributed by atoms with van der Waals surface area (Å²) in [5.74, 6) is 0.464. The highest BCUT2D eigenvalue weighted by Crippen LogP contribution is 2.39. The van der Waals surface area contributed by atoms with E-state index in [0.717, 1.165) is 12.8 Å². The van der Waals surface area contributed by atoms with Crippen LogP contribution >= 0.6 is 0 Å². The van der Waals surface area contributed by atoms with Gasteiger partial charge in [0.2, 0.25) is 15.9 Å². The van der Waals surface area contributed by atoms with Gasteiger partial charge in [0, 0.05) is 25.1 Å². The van der Waals surface area contributed by atoms with Crippen LogP contribution in [0.3, 0.4) is 0 Å². The summed E-state index contributed by atoms with van der Waals surface area (Å²) in [5, 5.41) is 0. The van der Waals surface area contributed by atoms with Gasteiger partial charge < -0.3 is 9.64 Å². The summed E-state index contributed by atoms with van der Waals surface area (Å²) in [6.45, 7) is 1.27. The molecule has 0 N–H and O–H groups in total. The van der Waals surface area contributed by atoms with Crippen LogP contribution in [0.1, 0.15) is 25.0 Å². The Balaban J connectivity index is 1.48. The number of likely N-dealkylation sites (tertiary alicyclic amines) is 1. The SMILES string of the molecule is O=C(C1CC=CC1)N1CC[C@@]2(C1)CN(Cc1ccccn1)S(=O)(=O)c1ccccc1O2. The van der Waals surface area contributed by atoms with Crippen molar-refractivity contribution in [1.29, 1.82) is 0 Å². The van der Waals surface area contributed by atoms with Crippen LogP contribution in [0, 0.1) is 5.92 Å². The van der Waals surface area contributed by atoms with E-state index in [9.17, 15) is 13.2 Å². The molecule has 1 amide bonds. The first kappa shape index (κ1) is 20.2. The molecule has 7 nitrogen and oxygen atoms in total. The van der Waals surface area contributed by atoms with Gasteiger partial charge in [-0.15, -0.1) is 0 Å². The number of ether oxygens (including phenoxy) is 1. The normalized spacial score (nSPS) is 25.4. The first-order valence-corrected chi connectivity index (χ1v) is 12.0. The third-order valence-electron chi connectivity index (χ3n) is 6.31. The number of para-hydroxylation sites is 1. The van der Waals surface area contributed by atoms with Crippen molar-refractivity contribution in [3.05, 3.63) is 66.5 Å². The standard InChI is InChI=1S/C23H25N3O4S/c27-22(18-7-1-2-8-18)25-14-12-23(16-25)17-26(15-19-9-5-6-13-24-19)31(28,29)21-11-4-3-10-20(21)30-23/h1-6,9-11,13,18H,7-8,12,14-17H2/t23-/m1/s1. The van der Waals surface area contributed by atoms with Crippen molar-refractivity contribution in [2.45, 2.75) is 36.3 Å². The number of nitrogens with zero attached hydrogens (tertiary/aromatic N) is 3. The summed E-state index contributed by atoms with van der Waals surface area (Å²) in [7, 11) is -3.78. The van der Waals surface area contributed by atoms with Crippen LogP contribution in [0.4, 0.5) is 0 Å². The molecule has 0 saturated carbocycles. The number of pyridine rings is 1. The molecule has 3 heterocycles. The zero-order valence-electron chi connectivity index (χ0n) is 17.2. The summed E-state index contributed by atoms with van der Waals surface area (Å²) in [5.41, 5.74) is -0.112. The molecule has 5 rings (SSSR count). The molecular formula is C23H25N3O4S. The molecule has 3 aliphatic rings. The fraction of sp³-hybridized carbons (Fsp3) is 0.391. The number of carbonyl (C=O) groups is 1. The Hall–Kier alpha value is -2.71. The highest BCUT2D eigenvalue weighted by Gasteiger charge is 2.49. The van der Waals surface area contributed by atoms with E-state index in [4.69, 9.17) is 4.74 Å². The number of amides is 1. The molecule has 2 aromatic rings. The Bertz CT molecular complexity index is 1110. The van der Waals surface area contributed by atoms with E-state index < -0.39 is 15.6 Å². The molecule has 2 aliphatic heterocycles. The molecule has 1 aromatic heterocycles. The number of aromatic nitrogens is 1. The second kappa shape index (κ2) is 7.76. The number of hydrogen-bond acceptors (Lipinski definition) is 5. The van der Waals surface area contributed by atoms with Gasteiger partial charge in [-0.3, -0.25) is 9.78 Å². The minimum atomic E-state index is -3.78. The second-order valence-corrected chi connectivity index (χ2v) is 10.4. The van der Waals surface area contributed by atoms with E-state index in [0.29, 0.717) is 31.0 Å². The molecule has 1 fully saturated rings. The second-order valence-electron chi connectivity index (χ2n) is 8.48. The maximum Gasteiger partial charge on any atom is 0.247 e. The number of carbonyl (C=O) groups excluding carboxylic acids is 1. The summed E-state index contributed by atoms with van der Waals surface area (Å²) < 4.78 is 34.9. The lowest BCUT2D eigenvalue weighted by atomic mass is 10.0. The molecule has 0 radical (unpaired) electrons. The third kappa shape index (κ3) is 3.74. The minimum absolute atomic E-state index is 0.0124. The van der Waals surface area contributed by atoms with E-state index >= 15 is 0 Å². The van der Waals surface area contributed by atoms with Crippen molar-refractivity contribution in [3.63, 3.8) is 0 Å². The van der Waals surface area contributed by atoms with Gasteiger partial charge in [0.05, 0.1) is 25.3 Å². The van der Waals surface area contributed by atoms with Crippen molar-refractivity contribution in [3.8, 4) is 5.75 Å². The van der Waals surface area contributed by atoms with E-state index in [1.165, 1.54) is 4.31 Å². The van der Waals surface area contributed by atoms with Gasteiger partial charge in [-0.05, 0) is 37.1 Å². The molecule has 0 unspecified atom stereocenters. The third-order valence-corrected chi connectivity index (χ3v) is 8.14. The van der Waals surface area contributed by atoms with Crippen LogP contribution in [0.15, 0.2) is 65.7 Å². The van der Waals surface area contributed by atoms with Gasteiger partial charge in [-0.2, -0.15) is 4.31 Å². The Labute approximate surface area is 182 Å². The fourth-order valence-corrected chi connectivity index (χ4v) is 6.29. The van der Waals surface area contributed by atoms with Crippen molar-refractivity contribution >= 4 is 15.9 Å².